The van der Waals surface area contributed by atoms with Crippen molar-refractivity contribution in [2.45, 2.75) is 12.6 Å². The quantitative estimate of drug-likeness (QED) is 0.676. The van der Waals surface area contributed by atoms with Crippen LogP contribution < -0.4 is 0 Å². The number of rotatable bonds is 2. The van der Waals surface area contributed by atoms with E-state index in [9.17, 15) is 13.2 Å². The first kappa shape index (κ1) is 13.9. The highest BCUT2D eigenvalue weighted by atomic mass is 35.5. The van der Waals surface area contributed by atoms with E-state index in [1.54, 1.807) is 35.0 Å². The lowest BCUT2D eigenvalue weighted by atomic mass is 10.0. The third-order valence-corrected chi connectivity index (χ3v) is 3.47. The van der Waals surface area contributed by atoms with Crippen molar-refractivity contribution < 1.29 is 13.2 Å². The van der Waals surface area contributed by atoms with Crippen LogP contribution in [0.4, 0.5) is 13.2 Å². The number of nitrogens with zero attached hydrogens (tertiary/aromatic N) is 2. The van der Waals surface area contributed by atoms with Crippen molar-refractivity contribution in [2.75, 3.05) is 0 Å². The third-order valence-electron chi connectivity index (χ3n) is 3.18. The number of pyridine rings is 1. The van der Waals surface area contributed by atoms with Gasteiger partial charge in [0, 0.05) is 18.8 Å². The summed E-state index contributed by atoms with van der Waals surface area (Å²) in [6.45, 7) is 0. The van der Waals surface area contributed by atoms with Crippen LogP contribution in [0.3, 0.4) is 0 Å². The summed E-state index contributed by atoms with van der Waals surface area (Å²) >= 11 is 6.01. The Labute approximate surface area is 123 Å². The van der Waals surface area contributed by atoms with Gasteiger partial charge in [0.1, 0.15) is 0 Å². The predicted molar refractivity (Wildman–Crippen MR) is 74.5 cm³/mol. The molecule has 21 heavy (non-hydrogen) atoms. The predicted octanol–water partition coefficient (Wildman–Crippen LogP) is 4.60. The molecule has 0 aliphatic heterocycles. The topological polar surface area (TPSA) is 17.3 Å². The van der Waals surface area contributed by atoms with Crippen molar-refractivity contribution in [2.24, 2.45) is 0 Å². The van der Waals surface area contributed by atoms with Crippen LogP contribution in [0.2, 0.25) is 5.02 Å². The lowest BCUT2D eigenvalue weighted by molar-refractivity contribution is -0.138. The van der Waals surface area contributed by atoms with Gasteiger partial charge in [-0.05, 0) is 23.8 Å². The van der Waals surface area contributed by atoms with Crippen molar-refractivity contribution in [1.82, 2.24) is 9.38 Å². The second kappa shape index (κ2) is 5.07. The van der Waals surface area contributed by atoms with E-state index in [1.165, 1.54) is 12.1 Å². The molecule has 0 bridgehead atoms. The van der Waals surface area contributed by atoms with Crippen LogP contribution in [0, 0.1) is 0 Å². The zero-order valence-corrected chi connectivity index (χ0v) is 11.5. The van der Waals surface area contributed by atoms with Gasteiger partial charge in [0.05, 0.1) is 16.3 Å². The highest BCUT2D eigenvalue weighted by Gasteiger charge is 2.32. The van der Waals surface area contributed by atoms with Gasteiger partial charge in [0.2, 0.25) is 0 Å². The normalized spacial score (nSPS) is 12.0. The number of hydrogen-bond acceptors (Lipinski definition) is 1. The molecule has 1 aromatic carbocycles. The fourth-order valence-electron chi connectivity index (χ4n) is 2.26. The smallest absolute Gasteiger partial charge is 0.306 e. The third kappa shape index (κ3) is 2.74. The molecule has 3 rings (SSSR count). The maximum Gasteiger partial charge on any atom is 0.416 e. The van der Waals surface area contributed by atoms with Crippen molar-refractivity contribution in [3.8, 4) is 0 Å². The summed E-state index contributed by atoms with van der Waals surface area (Å²) in [6.07, 6.45) is -0.817. The van der Waals surface area contributed by atoms with Crippen molar-refractivity contribution in [3.05, 3.63) is 70.6 Å². The number of hydrogen-bond donors (Lipinski definition) is 0. The molecule has 2 nitrogen and oxygen atoms in total. The molecular weight excluding hydrogens is 301 g/mol. The number of imidazole rings is 1. The van der Waals surface area contributed by atoms with Gasteiger partial charge in [-0.3, -0.25) is 0 Å². The molecule has 0 saturated heterocycles. The van der Waals surface area contributed by atoms with E-state index in [0.29, 0.717) is 16.4 Å². The van der Waals surface area contributed by atoms with Gasteiger partial charge >= 0.3 is 6.18 Å². The molecule has 6 heteroatoms. The van der Waals surface area contributed by atoms with Crippen LogP contribution in [-0.2, 0) is 12.6 Å². The molecule has 0 saturated carbocycles. The Hall–Kier alpha value is -2.01. The molecule has 0 N–H and O–H groups in total. The molecule has 2 heterocycles. The van der Waals surface area contributed by atoms with Crippen LogP contribution in [0.15, 0.2) is 48.8 Å². The highest BCUT2D eigenvalue weighted by Crippen LogP contribution is 2.32. The number of aromatic nitrogens is 2. The maximum absolute atomic E-state index is 13.0. The number of fused-ring (bicyclic) bond motifs is 1. The minimum Gasteiger partial charge on any atom is -0.306 e. The molecule has 108 valence electrons. The second-order valence-corrected chi connectivity index (χ2v) is 5.06. The molecule has 0 atom stereocenters. The molecule has 0 spiro atoms. The van der Waals surface area contributed by atoms with Gasteiger partial charge < -0.3 is 4.40 Å². The number of halogens is 4. The Kier molecular flexibility index (Phi) is 3.37. The minimum atomic E-state index is -4.37. The molecule has 0 unspecified atom stereocenters. The Balaban J connectivity index is 2.01. The van der Waals surface area contributed by atoms with E-state index in [0.717, 1.165) is 6.07 Å². The Bertz CT molecular complexity index is 793. The molecule has 2 aromatic heterocycles. The fraction of sp³-hybridized carbons (Fsp3) is 0.133. The van der Waals surface area contributed by atoms with E-state index in [-0.39, 0.29) is 12.0 Å². The molecular formula is C15H10ClF3N2. The van der Waals surface area contributed by atoms with E-state index >= 15 is 0 Å². The Morgan fingerprint density at radius 3 is 2.57 bits per heavy atom. The molecule has 0 amide bonds. The summed E-state index contributed by atoms with van der Waals surface area (Å²) in [7, 11) is 0. The molecule has 0 fully saturated rings. The van der Waals surface area contributed by atoms with E-state index in [4.69, 9.17) is 11.6 Å². The number of benzene rings is 1. The van der Waals surface area contributed by atoms with E-state index in [2.05, 4.69) is 4.98 Å². The van der Waals surface area contributed by atoms with Crippen LogP contribution in [0.1, 0.15) is 16.8 Å². The van der Waals surface area contributed by atoms with E-state index < -0.39 is 11.7 Å². The Morgan fingerprint density at radius 2 is 1.86 bits per heavy atom. The molecule has 3 aromatic rings. The first-order valence-electron chi connectivity index (χ1n) is 6.22. The van der Waals surface area contributed by atoms with Crippen LogP contribution in [-0.4, -0.2) is 9.38 Å². The minimum absolute atomic E-state index is 0.105. The molecule has 0 aliphatic rings. The van der Waals surface area contributed by atoms with Gasteiger partial charge in [-0.25, -0.2) is 4.98 Å². The van der Waals surface area contributed by atoms with Gasteiger partial charge in [-0.15, -0.1) is 0 Å². The SMILES string of the molecule is FC(F)(F)c1ccccc1Cc1cn2cccc(Cl)c2n1. The monoisotopic (exact) mass is 310 g/mol. The average molecular weight is 311 g/mol. The molecule has 0 radical (unpaired) electrons. The largest absolute Gasteiger partial charge is 0.416 e. The zero-order chi connectivity index (χ0) is 15.0. The van der Waals surface area contributed by atoms with Gasteiger partial charge in [-0.2, -0.15) is 13.2 Å². The van der Waals surface area contributed by atoms with Crippen molar-refractivity contribution in [3.63, 3.8) is 0 Å². The van der Waals surface area contributed by atoms with Gasteiger partial charge in [0.15, 0.2) is 5.65 Å². The fourth-order valence-corrected chi connectivity index (χ4v) is 2.47. The van der Waals surface area contributed by atoms with Gasteiger partial charge in [0.25, 0.3) is 0 Å². The van der Waals surface area contributed by atoms with Crippen LogP contribution in [0.25, 0.3) is 5.65 Å². The van der Waals surface area contributed by atoms with E-state index in [1.807, 2.05) is 0 Å². The summed E-state index contributed by atoms with van der Waals surface area (Å²) in [4.78, 5) is 4.29. The average Bonchev–Trinajstić information content (AvgIpc) is 2.82. The van der Waals surface area contributed by atoms with Crippen LogP contribution >= 0.6 is 11.6 Å². The van der Waals surface area contributed by atoms with Crippen molar-refractivity contribution in [1.29, 1.82) is 0 Å². The van der Waals surface area contributed by atoms with Crippen molar-refractivity contribution >= 4 is 17.2 Å². The maximum atomic E-state index is 13.0. The van der Waals surface area contributed by atoms with Crippen LogP contribution in [0.5, 0.6) is 0 Å². The summed E-state index contributed by atoms with van der Waals surface area (Å²) in [5, 5.41) is 0.466. The molecule has 0 aliphatic carbocycles. The lowest BCUT2D eigenvalue weighted by Crippen LogP contribution is -2.09. The summed E-state index contributed by atoms with van der Waals surface area (Å²) < 4.78 is 40.6. The van der Waals surface area contributed by atoms with Gasteiger partial charge in [-0.1, -0.05) is 29.8 Å². The summed E-state index contributed by atoms with van der Waals surface area (Å²) in [6, 6.07) is 8.97. The highest BCUT2D eigenvalue weighted by molar-refractivity contribution is 6.33. The lowest BCUT2D eigenvalue weighted by Gasteiger charge is -2.11. The standard InChI is InChI=1S/C15H10ClF3N2/c16-13-6-3-7-21-9-11(20-14(13)21)8-10-4-1-2-5-12(10)15(17,18)19/h1-7,9H,8H2. The first-order chi connectivity index (χ1) is 9.95. The number of alkyl halides is 3. The summed E-state index contributed by atoms with van der Waals surface area (Å²) in [5.41, 5.74) is 0.649. The summed E-state index contributed by atoms with van der Waals surface area (Å²) in [5.74, 6) is 0. The Morgan fingerprint density at radius 1 is 1.10 bits per heavy atom. The zero-order valence-electron chi connectivity index (χ0n) is 10.7. The first-order valence-corrected chi connectivity index (χ1v) is 6.60. The second-order valence-electron chi connectivity index (χ2n) is 4.65.